The van der Waals surface area contributed by atoms with Crippen LogP contribution in [0.25, 0.3) is 0 Å². The lowest BCUT2D eigenvalue weighted by molar-refractivity contribution is -0.137. The molecule has 0 radical (unpaired) electrons. The van der Waals surface area contributed by atoms with E-state index < -0.39 is 5.97 Å². The first-order valence-corrected chi connectivity index (χ1v) is 21.2. The molecule has 0 bridgehead atoms. The number of rotatable bonds is 41. The highest BCUT2D eigenvalue weighted by molar-refractivity contribution is 5.66. The first kappa shape index (κ1) is 44.4. The van der Waals surface area contributed by atoms with Gasteiger partial charge in [-0.3, -0.25) is 4.79 Å². The Kier molecular flexibility index (Phi) is 40.9. The van der Waals surface area contributed by atoms with Gasteiger partial charge < -0.3 is 10.8 Å². The SMILES string of the molecule is NCCCCCCCCCCCCCCCCCCCCCCCCCCCCCCCCCCCCCCCCCC(=O)O. The Bertz CT molecular complexity index is 537. The predicted octanol–water partition coefficient (Wildman–Crippen LogP) is 14.6. The number of hydrogen-bond donors (Lipinski definition) is 2. The van der Waals surface area contributed by atoms with E-state index in [0.717, 1.165) is 19.4 Å². The van der Waals surface area contributed by atoms with Crippen LogP contribution in [0.5, 0.6) is 0 Å². The Balaban J connectivity index is 3.04. The molecular weight excluding hydrogens is 550 g/mol. The summed E-state index contributed by atoms with van der Waals surface area (Å²) in [5, 5.41) is 8.65. The third kappa shape index (κ3) is 43.4. The predicted molar refractivity (Wildman–Crippen MR) is 201 cm³/mol. The van der Waals surface area contributed by atoms with Gasteiger partial charge in [0.05, 0.1) is 0 Å². The molecule has 0 aliphatic rings. The average molecular weight is 636 g/mol. The quantitative estimate of drug-likeness (QED) is 0.0657. The molecule has 0 unspecified atom stereocenters. The number of aliphatic carboxylic acids is 1. The maximum atomic E-state index is 10.5. The summed E-state index contributed by atoms with van der Waals surface area (Å²) in [6, 6.07) is 0. The van der Waals surface area contributed by atoms with Crippen molar-refractivity contribution in [3.05, 3.63) is 0 Å². The van der Waals surface area contributed by atoms with Crippen molar-refractivity contribution in [1.29, 1.82) is 0 Å². The van der Waals surface area contributed by atoms with E-state index in [0.29, 0.717) is 6.42 Å². The third-order valence-electron chi connectivity index (χ3n) is 10.1. The van der Waals surface area contributed by atoms with Crippen molar-refractivity contribution in [2.45, 2.75) is 257 Å². The fourth-order valence-electron chi connectivity index (χ4n) is 6.96. The van der Waals surface area contributed by atoms with Crippen molar-refractivity contribution in [2.24, 2.45) is 5.73 Å². The van der Waals surface area contributed by atoms with Crippen LogP contribution in [0.3, 0.4) is 0 Å². The van der Waals surface area contributed by atoms with E-state index in [1.54, 1.807) is 0 Å². The first-order valence-electron chi connectivity index (χ1n) is 21.2. The van der Waals surface area contributed by atoms with E-state index in [2.05, 4.69) is 0 Å². The second kappa shape index (κ2) is 41.5. The van der Waals surface area contributed by atoms with Crippen molar-refractivity contribution in [3.8, 4) is 0 Å². The minimum atomic E-state index is -0.648. The van der Waals surface area contributed by atoms with Gasteiger partial charge in [-0.2, -0.15) is 0 Å². The maximum absolute atomic E-state index is 10.5. The summed E-state index contributed by atoms with van der Waals surface area (Å²) in [5.41, 5.74) is 5.55. The molecule has 0 aromatic carbocycles. The molecule has 3 nitrogen and oxygen atoms in total. The van der Waals surface area contributed by atoms with E-state index in [4.69, 9.17) is 10.8 Å². The zero-order valence-electron chi connectivity index (χ0n) is 30.9. The molecule has 0 aromatic rings. The number of nitrogens with two attached hydrogens (primary N) is 1. The highest BCUT2D eigenvalue weighted by atomic mass is 16.4. The summed E-state index contributed by atoms with van der Waals surface area (Å²) >= 11 is 0. The zero-order chi connectivity index (χ0) is 32.6. The second-order valence-corrected chi connectivity index (χ2v) is 14.7. The van der Waals surface area contributed by atoms with Gasteiger partial charge in [-0.15, -0.1) is 0 Å². The molecule has 3 N–H and O–H groups in total. The second-order valence-electron chi connectivity index (χ2n) is 14.7. The van der Waals surface area contributed by atoms with E-state index in [1.807, 2.05) is 0 Å². The molecule has 45 heavy (non-hydrogen) atoms. The Hall–Kier alpha value is -0.570. The summed E-state index contributed by atoms with van der Waals surface area (Å²) in [6.45, 7) is 0.869. The Morgan fingerprint density at radius 1 is 0.267 bits per heavy atom. The minimum Gasteiger partial charge on any atom is -0.481 e. The van der Waals surface area contributed by atoms with Gasteiger partial charge in [-0.05, 0) is 19.4 Å². The van der Waals surface area contributed by atoms with Gasteiger partial charge in [0.15, 0.2) is 0 Å². The van der Waals surface area contributed by atoms with Crippen molar-refractivity contribution in [2.75, 3.05) is 6.54 Å². The van der Waals surface area contributed by atoms with Crippen LogP contribution < -0.4 is 5.73 Å². The Labute approximate surface area is 284 Å². The molecule has 0 heterocycles. The smallest absolute Gasteiger partial charge is 0.303 e. The number of carbonyl (C=O) groups is 1. The molecule has 0 saturated heterocycles. The minimum absolute atomic E-state index is 0.346. The van der Waals surface area contributed by atoms with Crippen molar-refractivity contribution in [3.63, 3.8) is 0 Å². The van der Waals surface area contributed by atoms with Gasteiger partial charge in [-0.25, -0.2) is 0 Å². The highest BCUT2D eigenvalue weighted by Gasteiger charge is 1.99. The molecule has 0 spiro atoms. The van der Waals surface area contributed by atoms with Crippen LogP contribution in [0, 0.1) is 0 Å². The third-order valence-corrected chi connectivity index (χ3v) is 10.1. The number of unbranched alkanes of at least 4 members (excludes halogenated alkanes) is 38. The van der Waals surface area contributed by atoms with E-state index in [-0.39, 0.29) is 0 Å². The topological polar surface area (TPSA) is 63.3 Å². The van der Waals surface area contributed by atoms with Crippen LogP contribution in [0.15, 0.2) is 0 Å². The monoisotopic (exact) mass is 636 g/mol. The standard InChI is InChI=1S/C42H85NO2/c43-41-39-37-35-33-31-29-27-25-23-21-19-17-15-13-11-9-7-5-3-1-2-4-6-8-10-12-14-16-18-20-22-24-26-28-30-32-34-36-38-40-42(44)45/h1-41,43H2,(H,44,45). The van der Waals surface area contributed by atoms with Crippen LogP contribution in [0.4, 0.5) is 0 Å². The lowest BCUT2D eigenvalue weighted by Gasteiger charge is -2.05. The van der Waals surface area contributed by atoms with Gasteiger partial charge in [0.1, 0.15) is 0 Å². The fraction of sp³-hybridized carbons (Fsp3) is 0.976. The van der Waals surface area contributed by atoms with Gasteiger partial charge >= 0.3 is 5.97 Å². The molecule has 0 rings (SSSR count). The molecule has 0 amide bonds. The molecule has 0 aliphatic heterocycles. The molecule has 0 aliphatic carbocycles. The molecule has 0 aromatic heterocycles. The number of carboxylic acid groups (broad SMARTS) is 1. The van der Waals surface area contributed by atoms with E-state index in [1.165, 1.54) is 238 Å². The lowest BCUT2D eigenvalue weighted by atomic mass is 10.0. The van der Waals surface area contributed by atoms with Crippen molar-refractivity contribution in [1.82, 2.24) is 0 Å². The van der Waals surface area contributed by atoms with E-state index >= 15 is 0 Å². The Morgan fingerprint density at radius 3 is 0.533 bits per heavy atom. The van der Waals surface area contributed by atoms with Gasteiger partial charge in [0.25, 0.3) is 0 Å². The van der Waals surface area contributed by atoms with Crippen molar-refractivity contribution < 1.29 is 9.90 Å². The average Bonchev–Trinajstić information content (AvgIpc) is 3.03. The normalized spacial score (nSPS) is 11.5. The van der Waals surface area contributed by atoms with Crippen LogP contribution in [0.1, 0.15) is 257 Å². The molecule has 0 fully saturated rings. The summed E-state index contributed by atoms with van der Waals surface area (Å²) in [5.74, 6) is -0.648. The van der Waals surface area contributed by atoms with Crippen LogP contribution in [0.2, 0.25) is 0 Å². The number of carboxylic acids is 1. The van der Waals surface area contributed by atoms with Gasteiger partial charge in [-0.1, -0.05) is 238 Å². The fourth-order valence-corrected chi connectivity index (χ4v) is 6.96. The lowest BCUT2D eigenvalue weighted by Crippen LogP contribution is -1.97. The summed E-state index contributed by atoms with van der Waals surface area (Å²) in [6.07, 6.45) is 55.3. The maximum Gasteiger partial charge on any atom is 0.303 e. The zero-order valence-corrected chi connectivity index (χ0v) is 30.9. The van der Waals surface area contributed by atoms with Crippen molar-refractivity contribution >= 4 is 5.97 Å². The molecule has 3 heteroatoms. The van der Waals surface area contributed by atoms with Gasteiger partial charge in [0, 0.05) is 6.42 Å². The molecule has 270 valence electrons. The van der Waals surface area contributed by atoms with Crippen LogP contribution >= 0.6 is 0 Å². The highest BCUT2D eigenvalue weighted by Crippen LogP contribution is 2.17. The molecular formula is C42H85NO2. The summed E-state index contributed by atoms with van der Waals surface area (Å²) in [4.78, 5) is 10.5. The van der Waals surface area contributed by atoms with Gasteiger partial charge in [0.2, 0.25) is 0 Å². The number of hydrogen-bond acceptors (Lipinski definition) is 2. The largest absolute Gasteiger partial charge is 0.481 e. The van der Waals surface area contributed by atoms with Crippen LogP contribution in [-0.4, -0.2) is 17.6 Å². The molecule has 0 saturated carbocycles. The van der Waals surface area contributed by atoms with Crippen LogP contribution in [-0.2, 0) is 4.79 Å². The van der Waals surface area contributed by atoms with E-state index in [9.17, 15) is 4.79 Å². The first-order chi connectivity index (χ1) is 22.3. The summed E-state index contributed by atoms with van der Waals surface area (Å²) < 4.78 is 0. The molecule has 0 atom stereocenters. The summed E-state index contributed by atoms with van der Waals surface area (Å²) in [7, 11) is 0. The Morgan fingerprint density at radius 2 is 0.400 bits per heavy atom.